The number of aromatic nitrogens is 2. The number of nitrogens with one attached hydrogen (secondary N) is 1. The van der Waals surface area contributed by atoms with Gasteiger partial charge in [0.15, 0.2) is 5.69 Å². The van der Waals surface area contributed by atoms with Gasteiger partial charge in [0, 0.05) is 25.5 Å². The first-order valence-electron chi connectivity index (χ1n) is 7.93. The van der Waals surface area contributed by atoms with Crippen LogP contribution in [0.4, 0.5) is 5.69 Å². The molecular formula is C17H21ClN4O. The molecule has 0 spiro atoms. The number of carbonyl (C=O) groups excluding carboxylic acids is 1. The third-order valence-electron chi connectivity index (χ3n) is 4.07. The largest absolute Gasteiger partial charge is 0.321 e. The topological polar surface area (TPSA) is 50.2 Å². The fourth-order valence-corrected chi connectivity index (χ4v) is 3.14. The van der Waals surface area contributed by atoms with E-state index in [2.05, 4.69) is 27.4 Å². The van der Waals surface area contributed by atoms with Crippen molar-refractivity contribution >= 4 is 23.2 Å². The number of nitrogens with zero attached hydrogens (tertiary/aromatic N) is 3. The Labute approximate surface area is 141 Å². The Kier molecular flexibility index (Phi) is 4.98. The van der Waals surface area contributed by atoms with Gasteiger partial charge in [0.25, 0.3) is 5.91 Å². The molecule has 0 radical (unpaired) electrons. The molecule has 1 aromatic heterocycles. The quantitative estimate of drug-likeness (QED) is 0.934. The Morgan fingerprint density at radius 3 is 2.52 bits per heavy atom. The number of piperidine rings is 1. The molecule has 1 aromatic carbocycles. The predicted octanol–water partition coefficient (Wildman–Crippen LogP) is 3.31. The molecule has 1 N–H and O–H groups in total. The van der Waals surface area contributed by atoms with E-state index in [0.29, 0.717) is 5.02 Å². The summed E-state index contributed by atoms with van der Waals surface area (Å²) >= 11 is 5.99. The zero-order valence-electron chi connectivity index (χ0n) is 13.3. The van der Waals surface area contributed by atoms with Crippen molar-refractivity contribution < 1.29 is 4.79 Å². The zero-order chi connectivity index (χ0) is 16.2. The van der Waals surface area contributed by atoms with Crippen LogP contribution in [0.2, 0.25) is 5.02 Å². The summed E-state index contributed by atoms with van der Waals surface area (Å²) in [6, 6.07) is 7.97. The number of hydrogen-bond acceptors (Lipinski definition) is 3. The van der Waals surface area contributed by atoms with E-state index >= 15 is 0 Å². The van der Waals surface area contributed by atoms with Gasteiger partial charge in [-0.1, -0.05) is 30.2 Å². The van der Waals surface area contributed by atoms with E-state index in [-0.39, 0.29) is 11.6 Å². The molecular weight excluding hydrogens is 312 g/mol. The predicted molar refractivity (Wildman–Crippen MR) is 91.7 cm³/mol. The summed E-state index contributed by atoms with van der Waals surface area (Å²) in [5, 5.41) is 7.25. The lowest BCUT2D eigenvalue weighted by atomic mass is 10.1. The van der Waals surface area contributed by atoms with Crippen molar-refractivity contribution in [2.45, 2.75) is 25.8 Å². The van der Waals surface area contributed by atoms with Crippen LogP contribution in [0.15, 0.2) is 30.5 Å². The van der Waals surface area contributed by atoms with Gasteiger partial charge in [0.05, 0.1) is 5.02 Å². The minimum Gasteiger partial charge on any atom is -0.321 e. The number of rotatable bonds is 4. The highest BCUT2D eigenvalue weighted by atomic mass is 35.5. The number of aryl methyl sites for hydroxylation is 1. The average molecular weight is 333 g/mol. The van der Waals surface area contributed by atoms with Gasteiger partial charge in [-0.15, -0.1) is 0 Å². The maximum atomic E-state index is 12.2. The number of hydrogen-bond donors (Lipinski definition) is 1. The average Bonchev–Trinajstić information content (AvgIpc) is 2.89. The molecule has 1 saturated heterocycles. The highest BCUT2D eigenvalue weighted by Crippen LogP contribution is 2.18. The third-order valence-corrected chi connectivity index (χ3v) is 4.34. The molecule has 0 aliphatic carbocycles. The molecule has 23 heavy (non-hydrogen) atoms. The van der Waals surface area contributed by atoms with Crippen molar-refractivity contribution in [1.29, 1.82) is 0 Å². The number of carbonyl (C=O) groups is 1. The SMILES string of the molecule is Cn1cc(Cl)c(C(=O)Nc2ccc(CN3CCCCC3)cc2)n1. The summed E-state index contributed by atoms with van der Waals surface area (Å²) < 4.78 is 1.53. The van der Waals surface area contributed by atoms with E-state index in [1.54, 1.807) is 13.2 Å². The first-order chi connectivity index (χ1) is 11.1. The van der Waals surface area contributed by atoms with Gasteiger partial charge in [-0.3, -0.25) is 14.4 Å². The molecule has 3 rings (SSSR count). The van der Waals surface area contributed by atoms with Crippen molar-refractivity contribution in [1.82, 2.24) is 14.7 Å². The van der Waals surface area contributed by atoms with E-state index in [1.807, 2.05) is 12.1 Å². The van der Waals surface area contributed by atoms with Gasteiger partial charge in [-0.05, 0) is 43.6 Å². The lowest BCUT2D eigenvalue weighted by Crippen LogP contribution is -2.29. The molecule has 0 bridgehead atoms. The molecule has 2 heterocycles. The minimum atomic E-state index is -0.292. The highest BCUT2D eigenvalue weighted by molar-refractivity contribution is 6.34. The Bertz CT molecular complexity index is 674. The van der Waals surface area contributed by atoms with Crippen LogP contribution in [-0.2, 0) is 13.6 Å². The van der Waals surface area contributed by atoms with Crippen molar-refractivity contribution in [3.8, 4) is 0 Å². The zero-order valence-corrected chi connectivity index (χ0v) is 14.0. The monoisotopic (exact) mass is 332 g/mol. The molecule has 0 unspecified atom stereocenters. The smallest absolute Gasteiger partial charge is 0.277 e. The van der Waals surface area contributed by atoms with Gasteiger partial charge in [0.1, 0.15) is 0 Å². The molecule has 122 valence electrons. The van der Waals surface area contributed by atoms with Crippen LogP contribution in [0.3, 0.4) is 0 Å². The van der Waals surface area contributed by atoms with Crippen LogP contribution < -0.4 is 5.32 Å². The summed E-state index contributed by atoms with van der Waals surface area (Å²) in [5.41, 5.74) is 2.26. The molecule has 0 saturated carbocycles. The van der Waals surface area contributed by atoms with E-state index in [4.69, 9.17) is 11.6 Å². The summed E-state index contributed by atoms with van der Waals surface area (Å²) in [5.74, 6) is -0.292. The van der Waals surface area contributed by atoms with Crippen LogP contribution in [0, 0.1) is 0 Å². The van der Waals surface area contributed by atoms with E-state index in [9.17, 15) is 4.79 Å². The molecule has 1 fully saturated rings. The maximum absolute atomic E-state index is 12.2. The second-order valence-electron chi connectivity index (χ2n) is 5.99. The van der Waals surface area contributed by atoms with E-state index in [1.165, 1.54) is 42.6 Å². The van der Waals surface area contributed by atoms with Crippen molar-refractivity contribution in [3.05, 3.63) is 46.7 Å². The highest BCUT2D eigenvalue weighted by Gasteiger charge is 2.15. The fourth-order valence-electron chi connectivity index (χ4n) is 2.87. The number of amides is 1. The molecule has 6 heteroatoms. The summed E-state index contributed by atoms with van der Waals surface area (Å²) in [4.78, 5) is 14.6. The summed E-state index contributed by atoms with van der Waals surface area (Å²) in [6.45, 7) is 3.33. The molecule has 1 aliphatic rings. The van der Waals surface area contributed by atoms with Crippen LogP contribution in [0.25, 0.3) is 0 Å². The molecule has 0 atom stereocenters. The standard InChI is InChI=1S/C17H21ClN4O/c1-21-12-15(18)16(20-21)17(23)19-14-7-5-13(6-8-14)11-22-9-3-2-4-10-22/h5-8,12H,2-4,9-11H2,1H3,(H,19,23). The summed E-state index contributed by atoms with van der Waals surface area (Å²) in [7, 11) is 1.73. The number of benzene rings is 1. The van der Waals surface area contributed by atoms with Crippen LogP contribution in [0.1, 0.15) is 35.3 Å². The molecule has 1 aliphatic heterocycles. The second-order valence-corrected chi connectivity index (χ2v) is 6.39. The van der Waals surface area contributed by atoms with E-state index in [0.717, 1.165) is 12.2 Å². The first kappa shape index (κ1) is 16.0. The minimum absolute atomic E-state index is 0.242. The second kappa shape index (κ2) is 7.15. The van der Waals surface area contributed by atoms with E-state index < -0.39 is 0 Å². The first-order valence-corrected chi connectivity index (χ1v) is 8.31. The van der Waals surface area contributed by atoms with Crippen molar-refractivity contribution in [2.75, 3.05) is 18.4 Å². The molecule has 2 aromatic rings. The number of anilines is 1. The van der Waals surface area contributed by atoms with Gasteiger partial charge < -0.3 is 5.32 Å². The summed E-state index contributed by atoms with van der Waals surface area (Å²) in [6.07, 6.45) is 5.54. The molecule has 5 nitrogen and oxygen atoms in total. The van der Waals surface area contributed by atoms with Crippen LogP contribution >= 0.6 is 11.6 Å². The third kappa shape index (κ3) is 4.12. The van der Waals surface area contributed by atoms with Gasteiger partial charge >= 0.3 is 0 Å². The lowest BCUT2D eigenvalue weighted by molar-refractivity contribution is 0.102. The Hall–Kier alpha value is -1.85. The molecule has 1 amide bonds. The van der Waals surface area contributed by atoms with Gasteiger partial charge in [-0.2, -0.15) is 5.10 Å². The van der Waals surface area contributed by atoms with Gasteiger partial charge in [0.2, 0.25) is 0 Å². The lowest BCUT2D eigenvalue weighted by Gasteiger charge is -2.26. The van der Waals surface area contributed by atoms with Crippen molar-refractivity contribution in [2.24, 2.45) is 7.05 Å². The van der Waals surface area contributed by atoms with Crippen LogP contribution in [-0.4, -0.2) is 33.7 Å². The Morgan fingerprint density at radius 1 is 1.22 bits per heavy atom. The number of halogens is 1. The van der Waals surface area contributed by atoms with Crippen LogP contribution in [0.5, 0.6) is 0 Å². The normalized spacial score (nSPS) is 15.6. The maximum Gasteiger partial charge on any atom is 0.277 e. The Balaban J connectivity index is 1.60. The Morgan fingerprint density at radius 2 is 1.91 bits per heavy atom. The van der Waals surface area contributed by atoms with Crippen molar-refractivity contribution in [3.63, 3.8) is 0 Å². The fraction of sp³-hybridized carbons (Fsp3) is 0.412. The van der Waals surface area contributed by atoms with Gasteiger partial charge in [-0.25, -0.2) is 0 Å². The number of likely N-dealkylation sites (tertiary alicyclic amines) is 1.